The fraction of sp³-hybridized carbons (Fsp3) is 0.944. The molecule has 0 saturated heterocycles. The fourth-order valence-electron chi connectivity index (χ4n) is 11.3. The summed E-state index contributed by atoms with van der Waals surface area (Å²) >= 11 is 0. The van der Waals surface area contributed by atoms with E-state index in [1.807, 2.05) is 0 Å². The molecular weight excluding hydrogens is 1030 g/mol. The number of carbonyl (C=O) groups is 4. The van der Waals surface area contributed by atoms with Crippen molar-refractivity contribution in [2.24, 2.45) is 0 Å². The van der Waals surface area contributed by atoms with E-state index >= 15 is 0 Å². The van der Waals surface area contributed by atoms with Gasteiger partial charge in [0.2, 0.25) is 0 Å². The monoisotopic (exact) mass is 1170 g/mol. The van der Waals surface area contributed by atoms with Crippen LogP contribution in [0.15, 0.2) is 0 Å². The third-order valence-corrected chi connectivity index (χ3v) is 16.6. The fourth-order valence-corrected chi connectivity index (χ4v) is 11.3. The van der Waals surface area contributed by atoms with Crippen molar-refractivity contribution in [2.45, 2.75) is 438 Å². The van der Waals surface area contributed by atoms with E-state index in [-0.39, 0.29) is 74.7 Å². The number of ether oxygens (including phenoxy) is 2. The first-order valence-electron chi connectivity index (χ1n) is 36.0. The molecule has 0 aromatic rings. The molecule has 0 aliphatic rings. The summed E-state index contributed by atoms with van der Waals surface area (Å²) in [4.78, 5) is 46.3. The SMILES string of the molecule is CCCCCCCCCCCCCCCCCC(=O)OC(CCCCCCCCCCC)CCCCCC(=O)[O-].CCCCCCCCCCCCCCCCCC(=O)OC(CCCCCCCCCCC)CCCCCC(=O)[O-].[Ca+2]. The Morgan fingerprint density at radius 3 is 0.568 bits per heavy atom. The molecule has 0 spiro atoms. The Hall–Kier alpha value is -0.860. The Bertz CT molecular complexity index is 1170. The second kappa shape index (κ2) is 73.4. The quantitative estimate of drug-likeness (QED) is 0.0334. The van der Waals surface area contributed by atoms with Crippen LogP contribution in [0.5, 0.6) is 0 Å². The average molecular weight is 1170 g/mol. The van der Waals surface area contributed by atoms with Crippen LogP contribution in [0, 0.1) is 0 Å². The second-order valence-corrected chi connectivity index (χ2v) is 24.8. The van der Waals surface area contributed by atoms with Gasteiger partial charge in [-0.1, -0.05) is 323 Å². The summed E-state index contributed by atoms with van der Waals surface area (Å²) in [5.74, 6) is -2.02. The van der Waals surface area contributed by atoms with Crippen LogP contribution in [0.3, 0.4) is 0 Å². The number of rotatable bonds is 66. The van der Waals surface area contributed by atoms with E-state index in [0.29, 0.717) is 25.7 Å². The summed E-state index contributed by atoms with van der Waals surface area (Å²) in [6.45, 7) is 9.07. The van der Waals surface area contributed by atoms with Gasteiger partial charge in [0.15, 0.2) is 0 Å². The second-order valence-electron chi connectivity index (χ2n) is 24.8. The van der Waals surface area contributed by atoms with Crippen LogP contribution >= 0.6 is 0 Å². The smallest absolute Gasteiger partial charge is 0.550 e. The molecule has 0 heterocycles. The molecule has 0 aromatic carbocycles. The number of carbonyl (C=O) groups excluding carboxylic acids is 4. The largest absolute Gasteiger partial charge is 2.00 e. The number of aliphatic carboxylic acids is 2. The topological polar surface area (TPSA) is 133 Å². The molecule has 2 atom stereocenters. The first-order valence-corrected chi connectivity index (χ1v) is 36.0. The Morgan fingerprint density at radius 1 is 0.235 bits per heavy atom. The van der Waals surface area contributed by atoms with Gasteiger partial charge in [0.1, 0.15) is 12.2 Å². The number of carboxylic acid groups (broad SMARTS) is 2. The summed E-state index contributed by atoms with van der Waals surface area (Å²) in [5, 5.41) is 21.3. The molecule has 0 bridgehead atoms. The van der Waals surface area contributed by atoms with Crippen molar-refractivity contribution in [2.75, 3.05) is 0 Å². The van der Waals surface area contributed by atoms with Crippen LogP contribution in [-0.2, 0) is 28.7 Å². The number of hydrogen-bond donors (Lipinski definition) is 0. The zero-order chi connectivity index (χ0) is 58.7. The molecule has 0 saturated carbocycles. The van der Waals surface area contributed by atoms with Crippen LogP contribution in [0.1, 0.15) is 426 Å². The zero-order valence-corrected chi connectivity index (χ0v) is 57.2. The minimum absolute atomic E-state index is 0. The van der Waals surface area contributed by atoms with Gasteiger partial charge in [0, 0.05) is 24.8 Å². The van der Waals surface area contributed by atoms with Crippen molar-refractivity contribution in [3.63, 3.8) is 0 Å². The summed E-state index contributed by atoms with van der Waals surface area (Å²) < 4.78 is 11.8. The standard InChI is InChI=1S/2C36H70O4.Ca/c2*1-3-5-7-9-11-13-14-15-16-17-18-20-22-24-29-33-36(39)40-34(31-27-25-28-32-35(37)38)30-26-23-21-19-12-10-8-6-4-2;/h2*34H,3-33H2,1-2H3,(H,37,38);/q;;+2/p-2. The van der Waals surface area contributed by atoms with Gasteiger partial charge >= 0.3 is 49.7 Å². The van der Waals surface area contributed by atoms with Gasteiger partial charge in [-0.25, -0.2) is 0 Å². The molecule has 0 aliphatic heterocycles. The van der Waals surface area contributed by atoms with Gasteiger partial charge < -0.3 is 29.3 Å². The van der Waals surface area contributed by atoms with Crippen molar-refractivity contribution in [3.05, 3.63) is 0 Å². The number of carboxylic acids is 2. The van der Waals surface area contributed by atoms with E-state index in [9.17, 15) is 29.4 Å². The van der Waals surface area contributed by atoms with E-state index in [4.69, 9.17) is 9.47 Å². The Labute approximate surface area is 534 Å². The minimum Gasteiger partial charge on any atom is -0.550 e. The van der Waals surface area contributed by atoms with Crippen molar-refractivity contribution in [1.82, 2.24) is 0 Å². The molecule has 0 amide bonds. The predicted octanol–water partition coefficient (Wildman–Crippen LogP) is 21.2. The maximum absolute atomic E-state index is 12.5. The summed E-state index contributed by atoms with van der Waals surface area (Å²) in [6.07, 6.45) is 72.9. The van der Waals surface area contributed by atoms with Gasteiger partial charge in [-0.2, -0.15) is 0 Å². The first kappa shape index (κ1) is 84.3. The minimum atomic E-state index is -0.971. The molecule has 0 N–H and O–H groups in total. The van der Waals surface area contributed by atoms with Crippen LogP contribution in [-0.4, -0.2) is 73.8 Å². The Morgan fingerprint density at radius 2 is 0.383 bits per heavy atom. The molecule has 2 unspecified atom stereocenters. The van der Waals surface area contributed by atoms with Gasteiger partial charge in [-0.15, -0.1) is 0 Å². The molecule has 0 aliphatic carbocycles. The van der Waals surface area contributed by atoms with Gasteiger partial charge in [-0.3, -0.25) is 9.59 Å². The van der Waals surface area contributed by atoms with E-state index in [2.05, 4.69) is 27.7 Å². The number of unbranched alkanes of at least 4 members (excludes halogenated alkanes) is 48. The van der Waals surface area contributed by atoms with Crippen LogP contribution < -0.4 is 10.2 Å². The summed E-state index contributed by atoms with van der Waals surface area (Å²) in [6, 6.07) is 0. The van der Waals surface area contributed by atoms with E-state index in [1.54, 1.807) is 0 Å². The molecule has 81 heavy (non-hydrogen) atoms. The van der Waals surface area contributed by atoms with Crippen molar-refractivity contribution in [1.29, 1.82) is 0 Å². The number of esters is 2. The van der Waals surface area contributed by atoms with Crippen LogP contribution in [0.25, 0.3) is 0 Å². The van der Waals surface area contributed by atoms with Crippen molar-refractivity contribution >= 4 is 61.6 Å². The Kier molecular flexibility index (Phi) is 76.4. The summed E-state index contributed by atoms with van der Waals surface area (Å²) in [7, 11) is 0. The van der Waals surface area contributed by atoms with Gasteiger partial charge in [-0.05, 0) is 89.9 Å². The maximum Gasteiger partial charge on any atom is 2.00 e. The third kappa shape index (κ3) is 75.2. The molecule has 0 aromatic heterocycles. The first-order chi connectivity index (χ1) is 39.2. The summed E-state index contributed by atoms with van der Waals surface area (Å²) in [5.41, 5.74) is 0. The van der Waals surface area contributed by atoms with E-state index in [1.165, 1.54) is 270 Å². The molecule has 8 nitrogen and oxygen atoms in total. The molecule has 476 valence electrons. The van der Waals surface area contributed by atoms with E-state index < -0.39 is 11.9 Å². The van der Waals surface area contributed by atoms with Gasteiger partial charge in [0.25, 0.3) is 0 Å². The van der Waals surface area contributed by atoms with Crippen LogP contribution in [0.2, 0.25) is 0 Å². The molecule has 0 radical (unpaired) electrons. The maximum atomic E-state index is 12.5. The van der Waals surface area contributed by atoms with Crippen molar-refractivity contribution in [3.8, 4) is 0 Å². The number of hydrogen-bond acceptors (Lipinski definition) is 8. The van der Waals surface area contributed by atoms with Gasteiger partial charge in [0.05, 0.1) is 0 Å². The molecule has 0 fully saturated rings. The molecule has 0 rings (SSSR count). The third-order valence-electron chi connectivity index (χ3n) is 16.6. The average Bonchev–Trinajstić information content (AvgIpc) is 3.43. The van der Waals surface area contributed by atoms with E-state index in [0.717, 1.165) is 89.9 Å². The van der Waals surface area contributed by atoms with Crippen LogP contribution in [0.4, 0.5) is 0 Å². The Balaban J connectivity index is -0.00000148. The van der Waals surface area contributed by atoms with Crippen molar-refractivity contribution < 1.29 is 38.9 Å². The molecular formula is C72H138CaO8. The predicted molar refractivity (Wildman–Crippen MR) is 344 cm³/mol. The molecule has 9 heteroatoms. The zero-order valence-electron chi connectivity index (χ0n) is 55.0. The normalized spacial score (nSPS) is 11.9.